The van der Waals surface area contributed by atoms with E-state index in [0.717, 1.165) is 35.8 Å². The molecule has 0 saturated carbocycles. The summed E-state index contributed by atoms with van der Waals surface area (Å²) in [5.41, 5.74) is 2.30. The number of nitrogens with one attached hydrogen (secondary N) is 1. The van der Waals surface area contributed by atoms with Crippen LogP contribution in [0.2, 0.25) is 0 Å². The Kier molecular flexibility index (Phi) is 8.85. The lowest BCUT2D eigenvalue weighted by atomic mass is 10.0. The highest BCUT2D eigenvalue weighted by Gasteiger charge is 2.24. The molecule has 34 heavy (non-hydrogen) atoms. The molecule has 3 rings (SSSR count). The van der Waals surface area contributed by atoms with Gasteiger partial charge >= 0.3 is 17.7 Å². The number of carbonyl (C=O) groups is 2. The maximum absolute atomic E-state index is 12.9. The summed E-state index contributed by atoms with van der Waals surface area (Å²) < 4.78 is 16.3. The van der Waals surface area contributed by atoms with E-state index in [9.17, 15) is 14.4 Å². The quantitative estimate of drug-likeness (QED) is 0.243. The standard InChI is InChI=1S/C27H31NO6/c1-4-6-13-20-16-24(29)34-25-18(3)23(15-14-21(20)25)33-26(30)22(10-5-2)28-27(31)32-17-19-11-8-7-9-12-19/h7-9,11-12,14-16,22H,4-6,10,13,17H2,1-3H3,(H,28,31)/t22-/m0/s1. The lowest BCUT2D eigenvalue weighted by molar-refractivity contribution is -0.136. The molecule has 0 aliphatic rings. The largest absolute Gasteiger partial charge is 0.445 e. The number of esters is 1. The van der Waals surface area contributed by atoms with Crippen molar-refractivity contribution in [1.82, 2.24) is 5.32 Å². The molecule has 3 aromatic rings. The van der Waals surface area contributed by atoms with Crippen LogP contribution in [0.25, 0.3) is 11.0 Å². The maximum atomic E-state index is 12.9. The molecule has 0 spiro atoms. The topological polar surface area (TPSA) is 94.8 Å². The van der Waals surface area contributed by atoms with Crippen molar-refractivity contribution in [3.05, 3.63) is 75.6 Å². The molecule has 2 aromatic carbocycles. The predicted octanol–water partition coefficient (Wildman–Crippen LogP) is 5.44. The molecule has 0 saturated heterocycles. The third-order valence-electron chi connectivity index (χ3n) is 5.57. The SMILES string of the molecule is CCCCc1cc(=O)oc2c(C)c(OC(=O)[C@H](CCC)NC(=O)OCc3ccccc3)ccc12. The van der Waals surface area contributed by atoms with Crippen LogP contribution >= 0.6 is 0 Å². The van der Waals surface area contributed by atoms with Crippen molar-refractivity contribution in [3.8, 4) is 5.75 Å². The Balaban J connectivity index is 1.73. The monoisotopic (exact) mass is 465 g/mol. The van der Waals surface area contributed by atoms with Gasteiger partial charge in [-0.05, 0) is 49.4 Å². The summed E-state index contributed by atoms with van der Waals surface area (Å²) in [6.45, 7) is 5.84. The van der Waals surface area contributed by atoms with Crippen molar-refractivity contribution in [2.75, 3.05) is 0 Å². The van der Waals surface area contributed by atoms with Gasteiger partial charge in [0.1, 0.15) is 24.0 Å². The lowest BCUT2D eigenvalue weighted by Gasteiger charge is -2.18. The summed E-state index contributed by atoms with van der Waals surface area (Å²) in [7, 11) is 0. The van der Waals surface area contributed by atoms with Crippen LogP contribution < -0.4 is 15.7 Å². The zero-order valence-corrected chi connectivity index (χ0v) is 19.9. The smallest absolute Gasteiger partial charge is 0.408 e. The van der Waals surface area contributed by atoms with E-state index in [2.05, 4.69) is 12.2 Å². The summed E-state index contributed by atoms with van der Waals surface area (Å²) in [5, 5.41) is 3.43. The number of aryl methyl sites for hydroxylation is 2. The first-order valence-corrected chi connectivity index (χ1v) is 11.7. The zero-order chi connectivity index (χ0) is 24.5. The van der Waals surface area contributed by atoms with Gasteiger partial charge in [0.15, 0.2) is 0 Å². The fourth-order valence-corrected chi connectivity index (χ4v) is 3.72. The lowest BCUT2D eigenvalue weighted by Crippen LogP contribution is -2.43. The van der Waals surface area contributed by atoms with Gasteiger partial charge in [0, 0.05) is 17.0 Å². The molecule has 0 aliphatic heterocycles. The first kappa shape index (κ1) is 25.0. The average Bonchev–Trinajstić information content (AvgIpc) is 2.83. The summed E-state index contributed by atoms with van der Waals surface area (Å²) in [5.74, 6) is -0.320. The van der Waals surface area contributed by atoms with Crippen molar-refractivity contribution in [2.24, 2.45) is 0 Å². The predicted molar refractivity (Wildman–Crippen MR) is 130 cm³/mol. The van der Waals surface area contributed by atoms with Crippen molar-refractivity contribution in [2.45, 2.75) is 65.5 Å². The Hall–Kier alpha value is -3.61. The van der Waals surface area contributed by atoms with Gasteiger partial charge in [-0.2, -0.15) is 0 Å². The minimum absolute atomic E-state index is 0.101. The van der Waals surface area contributed by atoms with Crippen LogP contribution in [0.5, 0.6) is 5.75 Å². The van der Waals surface area contributed by atoms with Gasteiger partial charge < -0.3 is 19.2 Å². The fourth-order valence-electron chi connectivity index (χ4n) is 3.72. The minimum Gasteiger partial charge on any atom is -0.445 e. The van der Waals surface area contributed by atoms with Gasteiger partial charge in [-0.15, -0.1) is 0 Å². The van der Waals surface area contributed by atoms with Crippen LogP contribution in [0.15, 0.2) is 57.7 Å². The molecule has 1 N–H and O–H groups in total. The number of carbonyl (C=O) groups excluding carboxylic acids is 2. The first-order valence-electron chi connectivity index (χ1n) is 11.7. The van der Waals surface area contributed by atoms with Gasteiger partial charge in [-0.3, -0.25) is 0 Å². The fraction of sp³-hybridized carbons (Fsp3) is 0.370. The van der Waals surface area contributed by atoms with Crippen molar-refractivity contribution < 1.29 is 23.5 Å². The van der Waals surface area contributed by atoms with E-state index in [1.807, 2.05) is 37.3 Å². The number of alkyl carbamates (subject to hydrolysis) is 1. The number of ether oxygens (including phenoxy) is 2. The van der Waals surface area contributed by atoms with Crippen molar-refractivity contribution in [3.63, 3.8) is 0 Å². The number of benzene rings is 2. The molecule has 1 aromatic heterocycles. The van der Waals surface area contributed by atoms with E-state index in [-0.39, 0.29) is 12.4 Å². The second-order valence-corrected chi connectivity index (χ2v) is 8.23. The third kappa shape index (κ3) is 6.47. The van der Waals surface area contributed by atoms with Gasteiger partial charge in [0.05, 0.1) is 0 Å². The summed E-state index contributed by atoms with van der Waals surface area (Å²) in [6.07, 6.45) is 3.09. The highest BCUT2D eigenvalue weighted by molar-refractivity contribution is 5.87. The Labute approximate surface area is 199 Å². The zero-order valence-electron chi connectivity index (χ0n) is 19.9. The molecule has 0 fully saturated rings. The van der Waals surface area contributed by atoms with Crippen LogP contribution in [0.1, 0.15) is 56.2 Å². The van der Waals surface area contributed by atoms with Crippen LogP contribution in [0.3, 0.4) is 0 Å². The highest BCUT2D eigenvalue weighted by Crippen LogP contribution is 2.29. The number of hydrogen-bond donors (Lipinski definition) is 1. The number of hydrogen-bond acceptors (Lipinski definition) is 6. The Morgan fingerprint density at radius 3 is 2.53 bits per heavy atom. The Bertz CT molecular complexity index is 1180. The number of rotatable bonds is 10. The van der Waals surface area contributed by atoms with Gasteiger partial charge in [-0.25, -0.2) is 14.4 Å². The molecular weight excluding hydrogens is 434 g/mol. The summed E-state index contributed by atoms with van der Waals surface area (Å²) in [4.78, 5) is 37.3. The van der Waals surface area contributed by atoms with Crippen molar-refractivity contribution in [1.29, 1.82) is 0 Å². The van der Waals surface area contributed by atoms with Crippen LogP contribution in [0, 0.1) is 6.92 Å². The Morgan fingerprint density at radius 2 is 1.82 bits per heavy atom. The molecule has 180 valence electrons. The molecule has 7 heteroatoms. The molecule has 1 atom stereocenters. The molecule has 0 unspecified atom stereocenters. The summed E-state index contributed by atoms with van der Waals surface area (Å²) >= 11 is 0. The molecule has 0 aliphatic carbocycles. The van der Waals surface area contributed by atoms with E-state index >= 15 is 0 Å². The van der Waals surface area contributed by atoms with Crippen LogP contribution in [-0.2, 0) is 22.6 Å². The van der Waals surface area contributed by atoms with E-state index in [1.54, 1.807) is 19.1 Å². The highest BCUT2D eigenvalue weighted by atomic mass is 16.6. The van der Waals surface area contributed by atoms with E-state index < -0.39 is 23.7 Å². The molecule has 1 amide bonds. The van der Waals surface area contributed by atoms with Crippen LogP contribution in [0.4, 0.5) is 4.79 Å². The van der Waals surface area contributed by atoms with E-state index in [0.29, 0.717) is 24.0 Å². The van der Waals surface area contributed by atoms with Gasteiger partial charge in [0.2, 0.25) is 0 Å². The number of unbranched alkanes of at least 4 members (excludes halogenated alkanes) is 1. The number of amides is 1. The molecular formula is C27H31NO6. The van der Waals surface area contributed by atoms with E-state index in [4.69, 9.17) is 13.9 Å². The van der Waals surface area contributed by atoms with E-state index in [1.165, 1.54) is 6.07 Å². The Morgan fingerprint density at radius 1 is 1.06 bits per heavy atom. The van der Waals surface area contributed by atoms with Crippen molar-refractivity contribution >= 4 is 23.0 Å². The normalized spacial score (nSPS) is 11.7. The third-order valence-corrected chi connectivity index (χ3v) is 5.57. The number of fused-ring (bicyclic) bond motifs is 1. The second-order valence-electron chi connectivity index (χ2n) is 8.23. The molecule has 1 heterocycles. The molecule has 0 bridgehead atoms. The van der Waals surface area contributed by atoms with Crippen LogP contribution in [-0.4, -0.2) is 18.1 Å². The minimum atomic E-state index is -0.869. The summed E-state index contributed by atoms with van der Waals surface area (Å²) in [6, 6.07) is 13.4. The first-order chi connectivity index (χ1) is 16.4. The average molecular weight is 466 g/mol. The molecule has 7 nitrogen and oxygen atoms in total. The molecule has 0 radical (unpaired) electrons. The van der Waals surface area contributed by atoms with Gasteiger partial charge in [-0.1, -0.05) is 57.0 Å². The second kappa shape index (κ2) is 12.0. The maximum Gasteiger partial charge on any atom is 0.408 e. The van der Waals surface area contributed by atoms with Gasteiger partial charge in [0.25, 0.3) is 0 Å².